The third kappa shape index (κ3) is 1.32. The van der Waals surface area contributed by atoms with E-state index in [9.17, 15) is 0 Å². The number of halogens is 1. The van der Waals surface area contributed by atoms with Gasteiger partial charge in [0.25, 0.3) is 0 Å². The fraction of sp³-hybridized carbons (Fsp3) is 0.750. The molecule has 1 fully saturated rings. The minimum absolute atomic E-state index is 0.0758. The molecule has 1 aliphatic heterocycles. The Hall–Kier alpha value is -0.320. The predicted molar refractivity (Wildman–Crippen MR) is 30.5 cm³/mol. The molecule has 52 valence electrons. The molecule has 0 spiro atoms. The molecule has 1 rings (SSSR count). The topological polar surface area (TPSA) is 51.0 Å². The molecule has 9 heavy (non-hydrogen) atoms. The number of hydrogen-bond acceptors (Lipinski definition) is 4. The molecular formula is C4H6ClNO3. The molecule has 5 heteroatoms. The highest BCUT2D eigenvalue weighted by atomic mass is 35.5. The lowest BCUT2D eigenvalue weighted by atomic mass is 10.5. The molecule has 0 unspecified atom stereocenters. The predicted octanol–water partition coefficient (Wildman–Crippen LogP) is 0.732. The van der Waals surface area contributed by atoms with Gasteiger partial charge in [0.05, 0.1) is 0 Å². The van der Waals surface area contributed by atoms with E-state index in [2.05, 4.69) is 5.16 Å². The Morgan fingerprint density at radius 3 is 2.56 bits per heavy atom. The summed E-state index contributed by atoms with van der Waals surface area (Å²) in [6.07, 6.45) is -0.905. The van der Waals surface area contributed by atoms with Crippen LogP contribution in [0.25, 0.3) is 0 Å². The normalized spacial score (nSPS) is 36.0. The van der Waals surface area contributed by atoms with Crippen LogP contribution in [-0.4, -0.2) is 23.0 Å². The van der Waals surface area contributed by atoms with Gasteiger partial charge in [0.1, 0.15) is 0 Å². The smallest absolute Gasteiger partial charge is 0.220 e. The van der Waals surface area contributed by atoms with Crippen molar-refractivity contribution in [2.45, 2.75) is 19.5 Å². The molecule has 0 aromatic carbocycles. The maximum atomic E-state index is 8.05. The second-order valence-corrected chi connectivity index (χ2v) is 1.98. The van der Waals surface area contributed by atoms with Crippen LogP contribution in [0.3, 0.4) is 0 Å². The first kappa shape index (κ1) is 6.80. The molecule has 0 aromatic heterocycles. The summed E-state index contributed by atoms with van der Waals surface area (Å²) in [5.41, 5.74) is 0. The fourth-order valence-corrected chi connectivity index (χ4v) is 0.621. The van der Waals surface area contributed by atoms with Crippen molar-refractivity contribution in [1.29, 1.82) is 0 Å². The molecule has 0 aromatic rings. The summed E-state index contributed by atoms with van der Waals surface area (Å²) in [6.45, 7) is 1.72. The average Bonchev–Trinajstić information content (AvgIpc) is 1.79. The summed E-state index contributed by atoms with van der Waals surface area (Å²) in [5.74, 6) is 0. The molecule has 1 saturated heterocycles. The minimum Gasteiger partial charge on any atom is -0.410 e. The Morgan fingerprint density at radius 1 is 1.67 bits per heavy atom. The first-order valence-electron chi connectivity index (χ1n) is 2.42. The Labute approximate surface area is 57.0 Å². The minimum atomic E-state index is -0.660. The molecule has 1 N–H and O–H groups in total. The Bertz CT molecular complexity index is 132. The molecular weight excluding hydrogens is 146 g/mol. The summed E-state index contributed by atoms with van der Waals surface area (Å²) in [4.78, 5) is 0. The van der Waals surface area contributed by atoms with Gasteiger partial charge in [0.15, 0.2) is 6.29 Å². The van der Waals surface area contributed by atoms with E-state index in [4.69, 9.17) is 26.3 Å². The average molecular weight is 152 g/mol. The first-order chi connectivity index (χ1) is 4.24. The number of rotatable bonds is 1. The quantitative estimate of drug-likeness (QED) is 0.342. The lowest BCUT2D eigenvalue weighted by Gasteiger charge is -2.31. The van der Waals surface area contributed by atoms with Gasteiger partial charge in [-0.15, -0.1) is 0 Å². The van der Waals surface area contributed by atoms with E-state index >= 15 is 0 Å². The van der Waals surface area contributed by atoms with E-state index in [0.29, 0.717) is 0 Å². The van der Waals surface area contributed by atoms with Gasteiger partial charge in [-0.25, -0.2) is 0 Å². The zero-order valence-electron chi connectivity index (χ0n) is 4.74. The number of oxime groups is 1. The zero-order chi connectivity index (χ0) is 6.85. The van der Waals surface area contributed by atoms with E-state index < -0.39 is 6.29 Å². The highest BCUT2D eigenvalue weighted by Crippen LogP contribution is 2.18. The molecule has 4 nitrogen and oxygen atoms in total. The zero-order valence-corrected chi connectivity index (χ0v) is 5.50. The first-order valence-corrected chi connectivity index (χ1v) is 2.80. The van der Waals surface area contributed by atoms with Crippen LogP contribution < -0.4 is 0 Å². The van der Waals surface area contributed by atoms with Crippen LogP contribution in [0.4, 0.5) is 0 Å². The van der Waals surface area contributed by atoms with Gasteiger partial charge in [0.2, 0.25) is 11.5 Å². The number of ether oxygens (including phenoxy) is 2. The maximum absolute atomic E-state index is 8.05. The van der Waals surface area contributed by atoms with Crippen molar-refractivity contribution < 1.29 is 14.7 Å². The molecule has 1 aliphatic rings. The van der Waals surface area contributed by atoms with Crippen molar-refractivity contribution in [3.63, 3.8) is 0 Å². The van der Waals surface area contributed by atoms with E-state index in [-0.39, 0.29) is 11.5 Å². The van der Waals surface area contributed by atoms with Crippen molar-refractivity contribution in [3.8, 4) is 0 Å². The molecule has 1 heterocycles. The fourth-order valence-electron chi connectivity index (χ4n) is 0.518. The highest BCUT2D eigenvalue weighted by Gasteiger charge is 2.31. The van der Waals surface area contributed by atoms with Crippen LogP contribution in [0, 0.1) is 0 Å². The molecule has 0 amide bonds. The molecule has 0 aliphatic carbocycles. The van der Waals surface area contributed by atoms with Crippen LogP contribution in [0.1, 0.15) is 6.92 Å². The second-order valence-electron chi connectivity index (χ2n) is 1.59. The Kier molecular flexibility index (Phi) is 1.90. The van der Waals surface area contributed by atoms with Crippen LogP contribution in [0.15, 0.2) is 5.16 Å². The molecule has 0 bridgehead atoms. The van der Waals surface area contributed by atoms with Gasteiger partial charge in [-0.1, -0.05) is 16.8 Å². The van der Waals surface area contributed by atoms with Gasteiger partial charge in [0, 0.05) is 0 Å². The highest BCUT2D eigenvalue weighted by molar-refractivity contribution is 6.66. The van der Waals surface area contributed by atoms with E-state index in [1.54, 1.807) is 6.92 Å². The van der Waals surface area contributed by atoms with Crippen LogP contribution >= 0.6 is 11.6 Å². The van der Waals surface area contributed by atoms with E-state index in [1.807, 2.05) is 0 Å². The van der Waals surface area contributed by atoms with E-state index in [1.165, 1.54) is 0 Å². The molecule has 0 radical (unpaired) electrons. The van der Waals surface area contributed by atoms with Crippen molar-refractivity contribution in [3.05, 3.63) is 0 Å². The van der Waals surface area contributed by atoms with Crippen molar-refractivity contribution >= 4 is 16.8 Å². The largest absolute Gasteiger partial charge is 0.410 e. The number of nitrogens with zero attached hydrogens (tertiary/aromatic N) is 1. The summed E-state index contributed by atoms with van der Waals surface area (Å²) in [6, 6.07) is 0. The third-order valence-corrected chi connectivity index (χ3v) is 1.17. The maximum Gasteiger partial charge on any atom is 0.220 e. The monoisotopic (exact) mass is 151 g/mol. The standard InChI is InChI=1S/C4H6ClNO3/c1-2-8-4(9-2)3(5)6-7/h2,4,7H,1H3/b6-3-. The summed E-state index contributed by atoms with van der Waals surface area (Å²) in [7, 11) is 0. The lowest BCUT2D eigenvalue weighted by Crippen LogP contribution is -2.42. The number of hydrogen-bond donors (Lipinski definition) is 1. The van der Waals surface area contributed by atoms with Gasteiger partial charge in [-0.05, 0) is 6.92 Å². The Balaban J connectivity index is 2.32. The summed E-state index contributed by atoms with van der Waals surface area (Å²) >= 11 is 5.28. The van der Waals surface area contributed by atoms with Gasteiger partial charge in [-0.3, -0.25) is 0 Å². The van der Waals surface area contributed by atoms with Crippen molar-refractivity contribution in [1.82, 2.24) is 0 Å². The van der Waals surface area contributed by atoms with Crippen molar-refractivity contribution in [2.75, 3.05) is 0 Å². The second kappa shape index (κ2) is 2.51. The van der Waals surface area contributed by atoms with Crippen LogP contribution in [0.2, 0.25) is 0 Å². The van der Waals surface area contributed by atoms with Gasteiger partial charge >= 0.3 is 0 Å². The molecule has 0 saturated carbocycles. The summed E-state index contributed by atoms with van der Waals surface area (Å²) in [5, 5.41) is 10.7. The van der Waals surface area contributed by atoms with Crippen molar-refractivity contribution in [2.24, 2.45) is 5.16 Å². The Morgan fingerprint density at radius 2 is 2.22 bits per heavy atom. The lowest BCUT2D eigenvalue weighted by molar-refractivity contribution is -0.344. The van der Waals surface area contributed by atoms with Gasteiger partial charge < -0.3 is 14.7 Å². The SMILES string of the molecule is CC1OC(/C(Cl)=N/O)O1. The van der Waals surface area contributed by atoms with Gasteiger partial charge in [-0.2, -0.15) is 0 Å². The summed E-state index contributed by atoms with van der Waals surface area (Å²) < 4.78 is 9.69. The van der Waals surface area contributed by atoms with Crippen LogP contribution in [0.5, 0.6) is 0 Å². The third-order valence-electron chi connectivity index (χ3n) is 0.920. The molecule has 0 atom stereocenters. The van der Waals surface area contributed by atoms with E-state index in [0.717, 1.165) is 0 Å². The van der Waals surface area contributed by atoms with Crippen LogP contribution in [-0.2, 0) is 9.47 Å².